The average Bonchev–Trinajstić information content (AvgIpc) is 2.12. The number of carbonyl (C=O) groups is 1. The van der Waals surface area contributed by atoms with Gasteiger partial charge >= 0.3 is 0 Å². The highest BCUT2D eigenvalue weighted by atomic mass is 35.5. The number of halogens is 2. The van der Waals surface area contributed by atoms with E-state index >= 15 is 0 Å². The zero-order chi connectivity index (χ0) is 13.0. The second-order valence-corrected chi connectivity index (χ2v) is 6.17. The number of hydrogen-bond acceptors (Lipinski definition) is 2. The fourth-order valence-corrected chi connectivity index (χ4v) is 1.19. The first-order valence-electron chi connectivity index (χ1n) is 5.50. The van der Waals surface area contributed by atoms with Crippen molar-refractivity contribution in [1.29, 1.82) is 0 Å². The third kappa shape index (κ3) is 9.65. The second kappa shape index (κ2) is 7.41. The molecule has 1 N–H and O–H groups in total. The van der Waals surface area contributed by atoms with E-state index in [-0.39, 0.29) is 23.9 Å². The van der Waals surface area contributed by atoms with Crippen molar-refractivity contribution in [2.45, 2.75) is 25.8 Å². The molecule has 0 saturated carbocycles. The van der Waals surface area contributed by atoms with Gasteiger partial charge in [0.05, 0.1) is 34.2 Å². The number of quaternary nitrogens is 1. The lowest BCUT2D eigenvalue weighted by molar-refractivity contribution is -0.869. The SMILES string of the molecule is CN(CC[N+](C)(C)C)C(=O)CC(C)(C)NCl.[Cl-]. The Bertz CT molecular complexity index is 239. The fraction of sp³-hybridized carbons (Fsp3) is 0.909. The molecule has 6 heteroatoms. The number of carbonyl (C=O) groups excluding carboxylic acids is 1. The van der Waals surface area contributed by atoms with Crippen LogP contribution in [0.2, 0.25) is 0 Å². The van der Waals surface area contributed by atoms with Crippen molar-refractivity contribution in [3.8, 4) is 0 Å². The molecule has 0 aliphatic rings. The maximum absolute atomic E-state index is 11.9. The van der Waals surface area contributed by atoms with E-state index < -0.39 is 0 Å². The van der Waals surface area contributed by atoms with Gasteiger partial charge in [-0.2, -0.15) is 0 Å². The Morgan fingerprint density at radius 1 is 1.35 bits per heavy atom. The molecule has 1 amide bonds. The van der Waals surface area contributed by atoms with E-state index in [0.717, 1.165) is 17.6 Å². The Labute approximate surface area is 116 Å². The number of hydrogen-bond donors (Lipinski definition) is 1. The maximum atomic E-state index is 11.9. The summed E-state index contributed by atoms with van der Waals surface area (Å²) in [6.07, 6.45) is 0.407. The Balaban J connectivity index is 0. The smallest absolute Gasteiger partial charge is 0.224 e. The summed E-state index contributed by atoms with van der Waals surface area (Å²) in [5, 5.41) is 0. The molecule has 0 radical (unpaired) electrons. The molecule has 0 unspecified atom stereocenters. The van der Waals surface area contributed by atoms with Crippen LogP contribution in [0.1, 0.15) is 20.3 Å². The van der Waals surface area contributed by atoms with Crippen molar-refractivity contribution in [2.75, 3.05) is 41.3 Å². The van der Waals surface area contributed by atoms with Gasteiger partial charge in [-0.05, 0) is 25.6 Å². The Hall–Kier alpha value is -0.0300. The van der Waals surface area contributed by atoms with Crippen LogP contribution in [0.3, 0.4) is 0 Å². The zero-order valence-corrected chi connectivity index (χ0v) is 13.2. The number of amides is 1. The minimum atomic E-state index is -0.358. The van der Waals surface area contributed by atoms with Crippen LogP contribution in [0.25, 0.3) is 0 Å². The topological polar surface area (TPSA) is 32.3 Å². The standard InChI is InChI=1S/C11H25ClN3O.ClH/c1-11(2,13-12)9-10(16)14(3)7-8-15(4,5)6;/h13H,7-9H2,1-6H3;1H/q+1;/p-1. The van der Waals surface area contributed by atoms with Crippen molar-refractivity contribution >= 4 is 17.7 Å². The molecular formula is C11H25Cl2N3O. The van der Waals surface area contributed by atoms with Gasteiger partial charge < -0.3 is 21.8 Å². The third-order valence-electron chi connectivity index (χ3n) is 2.38. The van der Waals surface area contributed by atoms with Crippen LogP contribution in [0, 0.1) is 0 Å². The average molecular weight is 286 g/mol. The van der Waals surface area contributed by atoms with Crippen molar-refractivity contribution in [1.82, 2.24) is 9.74 Å². The van der Waals surface area contributed by atoms with Gasteiger partial charge in [0.2, 0.25) is 5.91 Å². The summed E-state index contributed by atoms with van der Waals surface area (Å²) in [4.78, 5) is 16.2. The van der Waals surface area contributed by atoms with Gasteiger partial charge in [0.15, 0.2) is 0 Å². The highest BCUT2D eigenvalue weighted by Crippen LogP contribution is 2.10. The number of rotatable bonds is 6. The first-order valence-corrected chi connectivity index (χ1v) is 5.87. The van der Waals surface area contributed by atoms with Crippen LogP contribution in [0.15, 0.2) is 0 Å². The van der Waals surface area contributed by atoms with E-state index in [4.69, 9.17) is 11.8 Å². The maximum Gasteiger partial charge on any atom is 0.224 e. The Morgan fingerprint density at radius 3 is 2.18 bits per heavy atom. The van der Waals surface area contributed by atoms with E-state index in [2.05, 4.69) is 26.0 Å². The van der Waals surface area contributed by atoms with E-state index in [9.17, 15) is 4.79 Å². The lowest BCUT2D eigenvalue weighted by Crippen LogP contribution is -3.00. The summed E-state index contributed by atoms with van der Waals surface area (Å²) in [6, 6.07) is 0. The summed E-state index contributed by atoms with van der Waals surface area (Å²) in [6.45, 7) is 5.52. The van der Waals surface area contributed by atoms with Gasteiger partial charge in [-0.1, -0.05) is 0 Å². The van der Waals surface area contributed by atoms with E-state index in [0.29, 0.717) is 6.42 Å². The Kier molecular flexibility index (Phi) is 8.42. The third-order valence-corrected chi connectivity index (χ3v) is 2.89. The van der Waals surface area contributed by atoms with Crippen LogP contribution in [0.4, 0.5) is 0 Å². The van der Waals surface area contributed by atoms with Crippen molar-refractivity contribution in [3.63, 3.8) is 0 Å². The predicted molar refractivity (Wildman–Crippen MR) is 68.2 cm³/mol. The summed E-state index contributed by atoms with van der Waals surface area (Å²) in [7, 11) is 8.18. The summed E-state index contributed by atoms with van der Waals surface area (Å²) in [5.74, 6) is 0.117. The number of nitrogens with zero attached hydrogens (tertiary/aromatic N) is 2. The van der Waals surface area contributed by atoms with Crippen LogP contribution in [-0.4, -0.2) is 62.1 Å². The quantitative estimate of drug-likeness (QED) is 0.455. The van der Waals surface area contributed by atoms with Gasteiger partial charge in [-0.15, -0.1) is 0 Å². The molecule has 0 bridgehead atoms. The molecule has 0 aromatic carbocycles. The van der Waals surface area contributed by atoms with Crippen molar-refractivity contribution < 1.29 is 21.7 Å². The molecule has 0 aromatic heterocycles. The Morgan fingerprint density at radius 2 is 1.82 bits per heavy atom. The second-order valence-electron chi connectivity index (χ2n) is 5.98. The lowest BCUT2D eigenvalue weighted by Gasteiger charge is -2.29. The largest absolute Gasteiger partial charge is 1.00 e. The highest BCUT2D eigenvalue weighted by Gasteiger charge is 2.23. The van der Waals surface area contributed by atoms with E-state index in [1.54, 1.807) is 4.90 Å². The molecule has 0 spiro atoms. The summed E-state index contributed by atoms with van der Waals surface area (Å²) in [5.41, 5.74) is -0.358. The molecule has 0 aliphatic heterocycles. The van der Waals surface area contributed by atoms with Gasteiger partial charge in [-0.3, -0.25) is 4.79 Å². The van der Waals surface area contributed by atoms with Gasteiger partial charge in [-0.25, -0.2) is 4.84 Å². The first-order chi connectivity index (χ1) is 7.07. The number of likely N-dealkylation sites (N-methyl/N-ethyl adjacent to an activating group) is 2. The molecule has 0 heterocycles. The van der Waals surface area contributed by atoms with Crippen LogP contribution in [-0.2, 0) is 4.79 Å². The molecule has 0 aliphatic carbocycles. The van der Waals surface area contributed by atoms with Crippen molar-refractivity contribution in [2.24, 2.45) is 0 Å². The molecule has 0 aromatic rings. The number of nitrogens with one attached hydrogen (secondary N) is 1. The zero-order valence-electron chi connectivity index (χ0n) is 11.7. The summed E-state index contributed by atoms with van der Waals surface area (Å²) < 4.78 is 0.856. The predicted octanol–water partition coefficient (Wildman–Crippen LogP) is -1.93. The van der Waals surface area contributed by atoms with E-state index in [1.165, 1.54) is 0 Å². The van der Waals surface area contributed by atoms with Gasteiger partial charge in [0.25, 0.3) is 0 Å². The van der Waals surface area contributed by atoms with E-state index in [1.807, 2.05) is 20.9 Å². The van der Waals surface area contributed by atoms with Gasteiger partial charge in [0.1, 0.15) is 0 Å². The highest BCUT2D eigenvalue weighted by molar-refractivity contribution is 6.14. The molecule has 4 nitrogen and oxygen atoms in total. The lowest BCUT2D eigenvalue weighted by atomic mass is 10.0. The molecular weight excluding hydrogens is 261 g/mol. The molecule has 17 heavy (non-hydrogen) atoms. The molecule has 0 atom stereocenters. The molecule has 0 saturated heterocycles. The molecule has 104 valence electrons. The molecule has 0 rings (SSSR count). The van der Waals surface area contributed by atoms with Crippen LogP contribution in [0.5, 0.6) is 0 Å². The van der Waals surface area contributed by atoms with Gasteiger partial charge in [0, 0.05) is 19.0 Å². The fourth-order valence-electron chi connectivity index (χ4n) is 1.12. The monoisotopic (exact) mass is 285 g/mol. The molecule has 0 fully saturated rings. The van der Waals surface area contributed by atoms with Crippen LogP contribution < -0.4 is 17.2 Å². The summed E-state index contributed by atoms with van der Waals surface area (Å²) >= 11 is 5.57. The van der Waals surface area contributed by atoms with Crippen molar-refractivity contribution in [3.05, 3.63) is 0 Å². The first kappa shape index (κ1) is 19.3. The minimum absolute atomic E-state index is 0. The van der Waals surface area contributed by atoms with Crippen LogP contribution >= 0.6 is 11.8 Å². The normalized spacial score (nSPS) is 11.9. The minimum Gasteiger partial charge on any atom is -1.00 e.